The van der Waals surface area contributed by atoms with E-state index in [1.165, 1.54) is 6.07 Å². The molecule has 1 aromatic carbocycles. The van der Waals surface area contributed by atoms with Crippen molar-refractivity contribution >= 4 is 11.4 Å². The van der Waals surface area contributed by atoms with Crippen LogP contribution in [0.5, 0.6) is 0 Å². The summed E-state index contributed by atoms with van der Waals surface area (Å²) in [7, 11) is 0. The number of aliphatic hydroxyl groups is 1. The van der Waals surface area contributed by atoms with E-state index < -0.39 is 11.6 Å². The second kappa shape index (κ2) is 5.49. The molecule has 0 spiro atoms. The van der Waals surface area contributed by atoms with Crippen LogP contribution in [0.15, 0.2) is 12.1 Å². The van der Waals surface area contributed by atoms with Crippen LogP contribution in [0.1, 0.15) is 0 Å². The topological polar surface area (TPSA) is 52.7 Å². The summed E-state index contributed by atoms with van der Waals surface area (Å²) in [6.45, 7) is 3.54. The van der Waals surface area contributed by atoms with Crippen molar-refractivity contribution in [3.63, 3.8) is 0 Å². The number of piperazine rings is 1. The summed E-state index contributed by atoms with van der Waals surface area (Å²) in [6.07, 6.45) is 0. The zero-order valence-electron chi connectivity index (χ0n) is 10.1. The number of nitrogen functional groups attached to an aromatic ring is 1. The fraction of sp³-hybridized carbons (Fsp3) is 0.500. The van der Waals surface area contributed by atoms with Gasteiger partial charge in [0, 0.05) is 38.8 Å². The highest BCUT2D eigenvalue weighted by Gasteiger charge is 2.20. The molecule has 0 saturated carbocycles. The summed E-state index contributed by atoms with van der Waals surface area (Å²) in [4.78, 5) is 3.97. The van der Waals surface area contributed by atoms with Crippen molar-refractivity contribution in [3.05, 3.63) is 23.8 Å². The van der Waals surface area contributed by atoms with Crippen LogP contribution in [0.2, 0.25) is 0 Å². The van der Waals surface area contributed by atoms with Crippen LogP contribution in [0.4, 0.5) is 20.2 Å². The second-order valence-corrected chi connectivity index (χ2v) is 4.37. The van der Waals surface area contributed by atoms with Gasteiger partial charge in [0.1, 0.15) is 5.82 Å². The number of benzene rings is 1. The number of halogens is 2. The first-order valence-corrected chi connectivity index (χ1v) is 5.94. The lowest BCUT2D eigenvalue weighted by Crippen LogP contribution is -2.47. The van der Waals surface area contributed by atoms with Crippen molar-refractivity contribution in [3.8, 4) is 0 Å². The molecule has 1 fully saturated rings. The van der Waals surface area contributed by atoms with E-state index in [0.29, 0.717) is 25.3 Å². The molecule has 1 heterocycles. The minimum absolute atomic E-state index is 0.00740. The highest BCUT2D eigenvalue weighted by Crippen LogP contribution is 2.28. The largest absolute Gasteiger partial charge is 0.395 e. The predicted octanol–water partition coefficient (Wildman–Crippen LogP) is 0.661. The number of rotatable bonds is 3. The first-order chi connectivity index (χ1) is 8.61. The van der Waals surface area contributed by atoms with Crippen molar-refractivity contribution in [2.45, 2.75) is 0 Å². The van der Waals surface area contributed by atoms with Gasteiger partial charge in [0.15, 0.2) is 5.82 Å². The van der Waals surface area contributed by atoms with Gasteiger partial charge in [-0.3, -0.25) is 4.90 Å². The molecule has 6 heteroatoms. The molecule has 18 heavy (non-hydrogen) atoms. The first kappa shape index (κ1) is 13.0. The van der Waals surface area contributed by atoms with Crippen molar-refractivity contribution in [1.29, 1.82) is 0 Å². The maximum absolute atomic E-state index is 13.4. The summed E-state index contributed by atoms with van der Waals surface area (Å²) in [6, 6.07) is 2.06. The Labute approximate surface area is 105 Å². The Hall–Kier alpha value is -1.40. The Morgan fingerprint density at radius 1 is 1.17 bits per heavy atom. The number of nitrogens with zero attached hydrogens (tertiary/aromatic N) is 2. The number of aliphatic hydroxyl groups excluding tert-OH is 1. The van der Waals surface area contributed by atoms with Crippen molar-refractivity contribution in [2.75, 3.05) is 50.0 Å². The normalized spacial score (nSPS) is 17.2. The van der Waals surface area contributed by atoms with Gasteiger partial charge in [0.25, 0.3) is 0 Å². The molecular formula is C12H17F2N3O. The molecule has 0 radical (unpaired) electrons. The number of nitrogens with two attached hydrogens (primary N) is 1. The first-order valence-electron chi connectivity index (χ1n) is 5.94. The lowest BCUT2D eigenvalue weighted by atomic mass is 10.2. The van der Waals surface area contributed by atoms with Gasteiger partial charge in [-0.1, -0.05) is 0 Å². The number of hydrogen-bond acceptors (Lipinski definition) is 4. The van der Waals surface area contributed by atoms with Gasteiger partial charge >= 0.3 is 0 Å². The van der Waals surface area contributed by atoms with E-state index in [-0.39, 0.29) is 12.3 Å². The zero-order valence-corrected chi connectivity index (χ0v) is 10.1. The van der Waals surface area contributed by atoms with Crippen molar-refractivity contribution in [2.24, 2.45) is 0 Å². The van der Waals surface area contributed by atoms with Crippen LogP contribution in [0.3, 0.4) is 0 Å². The smallest absolute Gasteiger partial charge is 0.151 e. The molecule has 0 aromatic heterocycles. The lowest BCUT2D eigenvalue weighted by molar-refractivity contribution is 0.189. The van der Waals surface area contributed by atoms with Gasteiger partial charge in [-0.15, -0.1) is 0 Å². The Kier molecular flexibility index (Phi) is 3.98. The Bertz CT molecular complexity index is 420. The molecule has 0 amide bonds. The molecule has 1 saturated heterocycles. The molecule has 0 unspecified atom stereocenters. The summed E-state index contributed by atoms with van der Waals surface area (Å²) in [5.41, 5.74) is 6.04. The van der Waals surface area contributed by atoms with Crippen LogP contribution in [-0.4, -0.2) is 49.3 Å². The van der Waals surface area contributed by atoms with Crippen molar-refractivity contribution in [1.82, 2.24) is 4.90 Å². The molecule has 0 atom stereocenters. The standard InChI is InChI=1S/C12H17F2N3O/c13-9-7-10(14)12(15)11(8-9)17-3-1-16(2-4-17)5-6-18/h7-8,18H,1-6,15H2. The quantitative estimate of drug-likeness (QED) is 0.781. The molecular weight excluding hydrogens is 240 g/mol. The summed E-state index contributed by atoms with van der Waals surface area (Å²) in [5.74, 6) is -1.34. The molecule has 2 rings (SSSR count). The van der Waals surface area contributed by atoms with Crippen LogP contribution in [0.25, 0.3) is 0 Å². The summed E-state index contributed by atoms with van der Waals surface area (Å²) < 4.78 is 26.6. The molecule has 3 N–H and O–H groups in total. The Morgan fingerprint density at radius 2 is 1.83 bits per heavy atom. The van der Waals surface area contributed by atoms with E-state index in [4.69, 9.17) is 10.8 Å². The zero-order chi connectivity index (χ0) is 13.1. The SMILES string of the molecule is Nc1c(F)cc(F)cc1N1CCN(CCO)CC1. The Morgan fingerprint density at radius 3 is 2.44 bits per heavy atom. The van der Waals surface area contributed by atoms with Gasteiger partial charge in [-0.25, -0.2) is 8.78 Å². The average Bonchev–Trinajstić information content (AvgIpc) is 2.35. The van der Waals surface area contributed by atoms with Gasteiger partial charge in [0.05, 0.1) is 18.0 Å². The highest BCUT2D eigenvalue weighted by atomic mass is 19.1. The third-order valence-corrected chi connectivity index (χ3v) is 3.20. The van der Waals surface area contributed by atoms with Gasteiger partial charge in [-0.05, 0) is 6.07 Å². The van der Waals surface area contributed by atoms with Gasteiger partial charge < -0.3 is 15.7 Å². The summed E-state index contributed by atoms with van der Waals surface area (Å²) >= 11 is 0. The predicted molar refractivity (Wildman–Crippen MR) is 66.5 cm³/mol. The number of anilines is 2. The van der Waals surface area contributed by atoms with E-state index in [0.717, 1.165) is 19.2 Å². The van der Waals surface area contributed by atoms with E-state index in [2.05, 4.69) is 4.90 Å². The minimum atomic E-state index is -0.720. The fourth-order valence-electron chi connectivity index (χ4n) is 2.19. The van der Waals surface area contributed by atoms with Crippen LogP contribution < -0.4 is 10.6 Å². The van der Waals surface area contributed by atoms with E-state index in [1.54, 1.807) is 0 Å². The monoisotopic (exact) mass is 257 g/mol. The average molecular weight is 257 g/mol. The molecule has 4 nitrogen and oxygen atoms in total. The minimum Gasteiger partial charge on any atom is -0.395 e. The maximum atomic E-state index is 13.4. The van der Waals surface area contributed by atoms with Gasteiger partial charge in [0.2, 0.25) is 0 Å². The third-order valence-electron chi connectivity index (χ3n) is 3.20. The molecule has 1 aliphatic heterocycles. The molecule has 100 valence electrons. The van der Waals surface area contributed by atoms with E-state index >= 15 is 0 Å². The highest BCUT2D eigenvalue weighted by molar-refractivity contribution is 5.68. The van der Waals surface area contributed by atoms with Crippen LogP contribution in [-0.2, 0) is 0 Å². The third kappa shape index (κ3) is 2.70. The lowest BCUT2D eigenvalue weighted by Gasteiger charge is -2.36. The molecule has 1 aromatic rings. The van der Waals surface area contributed by atoms with E-state index in [1.807, 2.05) is 4.90 Å². The molecule has 0 bridgehead atoms. The number of β-amino-alcohol motifs (C(OH)–C–C–N with tert-alkyl or cyclic N) is 1. The van der Waals surface area contributed by atoms with Crippen LogP contribution >= 0.6 is 0 Å². The second-order valence-electron chi connectivity index (χ2n) is 4.37. The molecule has 1 aliphatic rings. The fourth-order valence-corrected chi connectivity index (χ4v) is 2.19. The van der Waals surface area contributed by atoms with Crippen molar-refractivity contribution < 1.29 is 13.9 Å². The van der Waals surface area contributed by atoms with Gasteiger partial charge in [-0.2, -0.15) is 0 Å². The van der Waals surface area contributed by atoms with E-state index in [9.17, 15) is 8.78 Å². The number of hydrogen-bond donors (Lipinski definition) is 2. The summed E-state index contributed by atoms with van der Waals surface area (Å²) in [5, 5.41) is 8.84. The maximum Gasteiger partial charge on any atom is 0.151 e. The molecule has 0 aliphatic carbocycles. The Balaban J connectivity index is 2.10. The van der Waals surface area contributed by atoms with Crippen LogP contribution in [0, 0.1) is 11.6 Å².